The van der Waals surface area contributed by atoms with E-state index >= 15 is 0 Å². The first-order chi connectivity index (χ1) is 13.3. The maximum Gasteiger partial charge on any atom is 0.166 e. The minimum Gasteiger partial charge on any atom is -0.496 e. The van der Waals surface area contributed by atoms with Crippen LogP contribution in [0.5, 0.6) is 5.75 Å². The molecule has 4 nitrogen and oxygen atoms in total. The highest BCUT2D eigenvalue weighted by Gasteiger charge is 2.29. The van der Waals surface area contributed by atoms with Crippen LogP contribution in [0.3, 0.4) is 0 Å². The van der Waals surface area contributed by atoms with Gasteiger partial charge in [0.2, 0.25) is 0 Å². The molecule has 3 N–H and O–H groups in total. The van der Waals surface area contributed by atoms with Gasteiger partial charge in [0.1, 0.15) is 11.8 Å². The van der Waals surface area contributed by atoms with Gasteiger partial charge in [0.05, 0.1) is 32.3 Å². The SMILES string of the molecule is COc1ccccc1[C@H](CNC(=S)NCCc1ccccc1)[NH+]1CCCC1. The Kier molecular flexibility index (Phi) is 7.48. The lowest BCUT2D eigenvalue weighted by atomic mass is 10.0. The highest BCUT2D eigenvalue weighted by molar-refractivity contribution is 7.80. The molecule has 0 amide bonds. The molecule has 0 bridgehead atoms. The fraction of sp³-hybridized carbons (Fsp3) is 0.409. The Morgan fingerprint density at radius 3 is 2.48 bits per heavy atom. The lowest BCUT2D eigenvalue weighted by molar-refractivity contribution is -0.918. The van der Waals surface area contributed by atoms with E-state index in [1.165, 1.54) is 37.1 Å². The summed E-state index contributed by atoms with van der Waals surface area (Å²) in [5.41, 5.74) is 2.58. The van der Waals surface area contributed by atoms with Crippen LogP contribution < -0.4 is 20.3 Å². The van der Waals surface area contributed by atoms with E-state index in [-0.39, 0.29) is 0 Å². The third-order valence-corrected chi connectivity index (χ3v) is 5.55. The van der Waals surface area contributed by atoms with Gasteiger partial charge in [-0.05, 0) is 36.3 Å². The van der Waals surface area contributed by atoms with Crippen molar-refractivity contribution in [2.75, 3.05) is 33.3 Å². The van der Waals surface area contributed by atoms with Crippen molar-refractivity contribution < 1.29 is 9.64 Å². The van der Waals surface area contributed by atoms with Crippen LogP contribution in [0.1, 0.15) is 30.0 Å². The molecule has 0 saturated carbocycles. The first kappa shape index (κ1) is 19.6. The lowest BCUT2D eigenvalue weighted by Gasteiger charge is -2.27. The molecule has 0 aliphatic carbocycles. The molecule has 1 aliphatic rings. The summed E-state index contributed by atoms with van der Waals surface area (Å²) in [6, 6.07) is 19.2. The van der Waals surface area contributed by atoms with Gasteiger partial charge in [-0.3, -0.25) is 0 Å². The zero-order valence-electron chi connectivity index (χ0n) is 16.0. The second kappa shape index (κ2) is 10.3. The maximum atomic E-state index is 5.62. The van der Waals surface area contributed by atoms with Gasteiger partial charge < -0.3 is 20.3 Å². The normalized spacial score (nSPS) is 15.3. The smallest absolute Gasteiger partial charge is 0.166 e. The van der Waals surface area contributed by atoms with Gasteiger partial charge in [0.15, 0.2) is 5.11 Å². The van der Waals surface area contributed by atoms with Crippen LogP contribution in [0, 0.1) is 0 Å². The Morgan fingerprint density at radius 2 is 1.74 bits per heavy atom. The summed E-state index contributed by atoms with van der Waals surface area (Å²) < 4.78 is 5.62. The van der Waals surface area contributed by atoms with E-state index in [4.69, 9.17) is 17.0 Å². The van der Waals surface area contributed by atoms with Crippen molar-refractivity contribution in [1.82, 2.24) is 10.6 Å². The van der Waals surface area contributed by atoms with Crippen LogP contribution >= 0.6 is 12.2 Å². The van der Waals surface area contributed by atoms with Crippen molar-refractivity contribution in [3.63, 3.8) is 0 Å². The molecule has 27 heavy (non-hydrogen) atoms. The number of thiocarbonyl (C=S) groups is 1. The van der Waals surface area contributed by atoms with Crippen LogP contribution in [0.15, 0.2) is 54.6 Å². The van der Waals surface area contributed by atoms with Gasteiger partial charge in [0.25, 0.3) is 0 Å². The molecule has 1 atom stereocenters. The number of benzene rings is 2. The highest BCUT2D eigenvalue weighted by Crippen LogP contribution is 2.23. The predicted octanol–water partition coefficient (Wildman–Crippen LogP) is 2.12. The molecule has 2 aromatic rings. The molecule has 1 heterocycles. The Labute approximate surface area is 167 Å². The second-order valence-corrected chi connectivity index (χ2v) is 7.44. The number of hydrogen-bond acceptors (Lipinski definition) is 2. The topological polar surface area (TPSA) is 37.7 Å². The number of quaternary nitrogens is 1. The van der Waals surface area contributed by atoms with E-state index in [0.717, 1.165) is 30.4 Å². The number of rotatable bonds is 8. The minimum atomic E-state index is 0.345. The first-order valence-electron chi connectivity index (χ1n) is 9.81. The zero-order chi connectivity index (χ0) is 18.9. The molecular formula is C22H30N3OS+. The van der Waals surface area contributed by atoms with Crippen LogP contribution in [-0.2, 0) is 6.42 Å². The largest absolute Gasteiger partial charge is 0.496 e. The number of nitrogens with one attached hydrogen (secondary N) is 3. The summed E-state index contributed by atoms with van der Waals surface area (Å²) in [5, 5.41) is 7.50. The van der Waals surface area contributed by atoms with Gasteiger partial charge >= 0.3 is 0 Å². The average molecular weight is 385 g/mol. The fourth-order valence-corrected chi connectivity index (χ4v) is 4.01. The summed E-state index contributed by atoms with van der Waals surface area (Å²) in [4.78, 5) is 1.61. The van der Waals surface area contributed by atoms with Crippen molar-refractivity contribution in [2.24, 2.45) is 0 Å². The zero-order valence-corrected chi connectivity index (χ0v) is 16.9. The van der Waals surface area contributed by atoms with E-state index in [2.05, 4.69) is 47.0 Å². The first-order valence-corrected chi connectivity index (χ1v) is 10.2. The van der Waals surface area contributed by atoms with E-state index in [1.54, 1.807) is 12.0 Å². The number of likely N-dealkylation sites (tertiary alicyclic amines) is 1. The number of ether oxygens (including phenoxy) is 1. The Morgan fingerprint density at radius 1 is 1.04 bits per heavy atom. The molecule has 0 aromatic heterocycles. The van der Waals surface area contributed by atoms with E-state index in [9.17, 15) is 0 Å². The van der Waals surface area contributed by atoms with Crippen molar-refractivity contribution in [3.8, 4) is 5.75 Å². The third-order valence-electron chi connectivity index (χ3n) is 5.26. The molecule has 0 radical (unpaired) electrons. The molecule has 0 spiro atoms. The lowest BCUT2D eigenvalue weighted by Crippen LogP contribution is -3.11. The van der Waals surface area contributed by atoms with Crippen molar-refractivity contribution in [1.29, 1.82) is 0 Å². The van der Waals surface area contributed by atoms with Gasteiger partial charge in [-0.25, -0.2) is 0 Å². The predicted molar refractivity (Wildman–Crippen MR) is 114 cm³/mol. The van der Waals surface area contributed by atoms with Crippen molar-refractivity contribution in [2.45, 2.75) is 25.3 Å². The molecule has 3 rings (SSSR count). The highest BCUT2D eigenvalue weighted by atomic mass is 32.1. The van der Waals surface area contributed by atoms with Crippen molar-refractivity contribution >= 4 is 17.3 Å². The van der Waals surface area contributed by atoms with Crippen LogP contribution in [0.4, 0.5) is 0 Å². The number of methoxy groups -OCH3 is 1. The van der Waals surface area contributed by atoms with Gasteiger partial charge in [0, 0.05) is 19.4 Å². The van der Waals surface area contributed by atoms with Gasteiger partial charge in [-0.1, -0.05) is 42.5 Å². The van der Waals surface area contributed by atoms with Crippen LogP contribution in [0.25, 0.3) is 0 Å². The molecule has 5 heteroatoms. The standard InChI is InChI=1S/C22H29N3OS/c1-26-21-12-6-5-11-19(21)20(25-15-7-8-16-25)17-24-22(27)23-14-13-18-9-3-2-4-10-18/h2-6,9-12,20H,7-8,13-17H2,1H3,(H2,23,24,27)/p+1/t20-/m0/s1. The van der Waals surface area contributed by atoms with E-state index in [0.29, 0.717) is 6.04 Å². The summed E-state index contributed by atoms with van der Waals surface area (Å²) in [7, 11) is 1.75. The van der Waals surface area contributed by atoms with Gasteiger partial charge in [-0.2, -0.15) is 0 Å². The molecule has 1 aliphatic heterocycles. The Hall–Kier alpha value is -2.11. The second-order valence-electron chi connectivity index (χ2n) is 7.03. The van der Waals surface area contributed by atoms with Crippen LogP contribution in [0.2, 0.25) is 0 Å². The third kappa shape index (κ3) is 5.68. The van der Waals surface area contributed by atoms with E-state index < -0.39 is 0 Å². The average Bonchev–Trinajstić information content (AvgIpc) is 3.24. The molecular weight excluding hydrogens is 354 g/mol. The Balaban J connectivity index is 1.55. The number of para-hydroxylation sites is 1. The molecule has 1 fully saturated rings. The molecule has 144 valence electrons. The summed E-state index contributed by atoms with van der Waals surface area (Å²) in [6.07, 6.45) is 3.55. The monoisotopic (exact) mass is 384 g/mol. The van der Waals surface area contributed by atoms with Crippen molar-refractivity contribution in [3.05, 3.63) is 65.7 Å². The van der Waals surface area contributed by atoms with Crippen LogP contribution in [-0.4, -0.2) is 38.4 Å². The fourth-order valence-electron chi connectivity index (χ4n) is 3.83. The molecule has 2 aromatic carbocycles. The quantitative estimate of drug-likeness (QED) is 0.610. The molecule has 0 unspecified atom stereocenters. The number of hydrogen-bond donors (Lipinski definition) is 3. The molecule has 1 saturated heterocycles. The summed E-state index contributed by atoms with van der Waals surface area (Å²) in [6.45, 7) is 4.07. The summed E-state index contributed by atoms with van der Waals surface area (Å²) >= 11 is 5.51. The maximum absolute atomic E-state index is 5.62. The minimum absolute atomic E-state index is 0.345. The Bertz CT molecular complexity index is 717. The van der Waals surface area contributed by atoms with Gasteiger partial charge in [-0.15, -0.1) is 0 Å². The van der Waals surface area contributed by atoms with E-state index in [1.807, 2.05) is 18.2 Å². The summed E-state index contributed by atoms with van der Waals surface area (Å²) in [5.74, 6) is 0.964.